The zero-order valence-electron chi connectivity index (χ0n) is 27.1. The minimum atomic E-state index is -3.18. The monoisotopic (exact) mass is 701 g/mol. The van der Waals surface area contributed by atoms with Crippen molar-refractivity contribution in [3.05, 3.63) is 99.2 Å². The number of aromatic carboxylic acids is 1. The summed E-state index contributed by atoms with van der Waals surface area (Å²) >= 11 is 8.63. The zero-order valence-corrected chi connectivity index (χ0v) is 28.7. The number of aromatic nitrogens is 5. The van der Waals surface area contributed by atoms with Gasteiger partial charge in [0.25, 0.3) is 5.92 Å². The maximum atomic E-state index is 16.0. The molecule has 2 aliphatic rings. The van der Waals surface area contributed by atoms with Crippen molar-refractivity contribution in [2.24, 2.45) is 14.1 Å². The lowest BCUT2D eigenvalue weighted by Gasteiger charge is -2.19. The third-order valence-electron chi connectivity index (χ3n) is 9.77. The Bertz CT molecular complexity index is 2290. The van der Waals surface area contributed by atoms with Gasteiger partial charge in [-0.15, -0.1) is 11.8 Å². The number of carboxylic acids is 1. The Kier molecular flexibility index (Phi) is 7.94. The predicted molar refractivity (Wildman–Crippen MR) is 188 cm³/mol. The van der Waals surface area contributed by atoms with Crippen molar-refractivity contribution in [2.45, 2.75) is 56.1 Å². The highest BCUT2D eigenvalue weighted by Gasteiger charge is 2.35. The number of rotatable bonds is 1. The van der Waals surface area contributed by atoms with E-state index in [2.05, 4.69) is 5.10 Å². The molecule has 0 atom stereocenters. The summed E-state index contributed by atoms with van der Waals surface area (Å²) in [6, 6.07) is 15.8. The van der Waals surface area contributed by atoms with Crippen LogP contribution in [0, 0.1) is 0 Å². The predicted octanol–water partition coefficient (Wildman–Crippen LogP) is 8.32. The minimum absolute atomic E-state index is 0.129. The van der Waals surface area contributed by atoms with E-state index in [1.807, 2.05) is 35.0 Å². The van der Waals surface area contributed by atoms with Crippen LogP contribution in [-0.4, -0.2) is 41.8 Å². The number of hydrogen-bond donors (Lipinski definition) is 1. The minimum Gasteiger partial charge on any atom is -0.493 e. The van der Waals surface area contributed by atoms with Crippen LogP contribution in [0.4, 0.5) is 8.78 Å². The van der Waals surface area contributed by atoms with Gasteiger partial charge in [-0.1, -0.05) is 41.9 Å². The van der Waals surface area contributed by atoms with E-state index in [4.69, 9.17) is 21.4 Å². The summed E-state index contributed by atoms with van der Waals surface area (Å²) in [5.74, 6) is -2.79. The lowest BCUT2D eigenvalue weighted by molar-refractivity contribution is -0.00571. The Morgan fingerprint density at radius 1 is 1.00 bits per heavy atom. The van der Waals surface area contributed by atoms with Crippen molar-refractivity contribution in [1.29, 1.82) is 0 Å². The first kappa shape index (κ1) is 31.9. The van der Waals surface area contributed by atoms with E-state index in [1.165, 1.54) is 12.1 Å². The molecule has 0 spiro atoms. The number of nitrogens with zero attached hydrogens (tertiary/aromatic N) is 5. The highest BCUT2D eigenvalue weighted by molar-refractivity contribution is 7.97. The highest BCUT2D eigenvalue weighted by atomic mass is 35.5. The van der Waals surface area contributed by atoms with Gasteiger partial charge in [0.2, 0.25) is 0 Å². The average Bonchev–Trinajstić information content (AvgIpc) is 3.81. The largest absolute Gasteiger partial charge is 0.493 e. The third kappa shape index (κ3) is 5.47. The molecule has 6 aromatic rings. The van der Waals surface area contributed by atoms with E-state index in [0.717, 1.165) is 58.2 Å². The number of benzene rings is 3. The van der Waals surface area contributed by atoms with Crippen LogP contribution in [0.1, 0.15) is 57.2 Å². The van der Waals surface area contributed by atoms with Crippen molar-refractivity contribution in [1.82, 2.24) is 24.1 Å². The molecule has 252 valence electrons. The molecule has 2 aliphatic heterocycles. The Hall–Kier alpha value is -4.35. The van der Waals surface area contributed by atoms with E-state index < -0.39 is 18.3 Å². The molecule has 1 N–H and O–H groups in total. The molecule has 8 nitrogen and oxygen atoms in total. The van der Waals surface area contributed by atoms with Crippen molar-refractivity contribution >= 4 is 51.0 Å². The second-order valence-electron chi connectivity index (χ2n) is 12.9. The number of thioether (sulfide) groups is 1. The van der Waals surface area contributed by atoms with Crippen LogP contribution in [0.25, 0.3) is 32.8 Å². The number of aryl methyl sites for hydroxylation is 4. The standard InChI is InChI=1S/C37H34ClF2N5O3S/c1-43-34-27-11-12-28(38)32(34)33-29(42-45-13-5-10-30(33)45)20-49-19-23-17-24(44(2)41-23)18-37(39,40)22-15-21-7-3-4-8-25(21)31(16-22)48-14-6-9-26(27)35(43)36(46)47/h3-4,7-8,11-12,15-17H,5-6,9-10,13-14,18-20H2,1-2H3,(H,46,47). The number of halogens is 3. The Labute approximate surface area is 290 Å². The van der Waals surface area contributed by atoms with Crippen LogP contribution in [-0.2, 0) is 57.3 Å². The van der Waals surface area contributed by atoms with E-state index in [1.54, 1.807) is 47.2 Å². The van der Waals surface area contributed by atoms with Crippen LogP contribution in [0.2, 0.25) is 5.02 Å². The first-order chi connectivity index (χ1) is 23.6. The van der Waals surface area contributed by atoms with Crippen LogP contribution < -0.4 is 4.74 Å². The summed E-state index contributed by atoms with van der Waals surface area (Å²) in [7, 11) is 3.48. The van der Waals surface area contributed by atoms with Crippen molar-refractivity contribution < 1.29 is 23.4 Å². The van der Waals surface area contributed by atoms with Gasteiger partial charge in [-0.3, -0.25) is 9.36 Å². The fraction of sp³-hybridized carbons (Fsp3) is 0.324. The second-order valence-corrected chi connectivity index (χ2v) is 14.3. The quantitative estimate of drug-likeness (QED) is 0.186. The SMILES string of the molecule is Cn1nc2cc1CC(F)(F)c1cc(c3ccccc3c1)OCCCc1c(C(=O)O)n(C)c3c(c(Cl)ccc13)-c1c(nn3c1CCC3)CSC2. The number of hydrogen-bond acceptors (Lipinski definition) is 5. The van der Waals surface area contributed by atoms with Crippen LogP contribution in [0.5, 0.6) is 5.75 Å². The third-order valence-corrected chi connectivity index (χ3v) is 11.1. The summed E-state index contributed by atoms with van der Waals surface area (Å²) in [5, 5.41) is 22.8. The first-order valence-electron chi connectivity index (χ1n) is 16.4. The van der Waals surface area contributed by atoms with Gasteiger partial charge >= 0.3 is 5.97 Å². The van der Waals surface area contributed by atoms with Gasteiger partial charge in [0, 0.05) is 71.0 Å². The second kappa shape index (κ2) is 12.2. The molecule has 8 rings (SSSR count). The molecule has 8 bridgehead atoms. The normalized spacial score (nSPS) is 16.3. The van der Waals surface area contributed by atoms with Crippen LogP contribution >= 0.6 is 23.4 Å². The molecule has 0 fully saturated rings. The summed E-state index contributed by atoms with van der Waals surface area (Å²) in [6.45, 7) is 1.01. The molecule has 0 radical (unpaired) electrons. The summed E-state index contributed by atoms with van der Waals surface area (Å²) in [4.78, 5) is 12.8. The van der Waals surface area contributed by atoms with Crippen LogP contribution in [0.15, 0.2) is 54.6 Å². The summed E-state index contributed by atoms with van der Waals surface area (Å²) < 4.78 is 43.6. The first-order valence-corrected chi connectivity index (χ1v) is 17.9. The smallest absolute Gasteiger partial charge is 0.352 e. The summed E-state index contributed by atoms with van der Waals surface area (Å²) in [5.41, 5.74) is 6.36. The van der Waals surface area contributed by atoms with Crippen molar-refractivity contribution in [3.8, 4) is 16.9 Å². The van der Waals surface area contributed by atoms with E-state index in [9.17, 15) is 9.90 Å². The van der Waals surface area contributed by atoms with Crippen molar-refractivity contribution in [3.63, 3.8) is 0 Å². The van der Waals surface area contributed by atoms with E-state index >= 15 is 8.78 Å². The number of carbonyl (C=O) groups is 1. The molecule has 3 aromatic carbocycles. The molecule has 49 heavy (non-hydrogen) atoms. The molecule has 12 heteroatoms. The molecule has 5 heterocycles. The molecular formula is C37H34ClF2N5O3S. The Morgan fingerprint density at radius 3 is 2.67 bits per heavy atom. The van der Waals surface area contributed by atoms with Gasteiger partial charge in [-0.2, -0.15) is 10.2 Å². The molecule has 3 aromatic heterocycles. The van der Waals surface area contributed by atoms with E-state index in [0.29, 0.717) is 57.5 Å². The number of ether oxygens (including phenoxy) is 1. The molecule has 0 saturated heterocycles. The van der Waals surface area contributed by atoms with Gasteiger partial charge in [-0.25, -0.2) is 13.6 Å². The van der Waals surface area contributed by atoms with Gasteiger partial charge < -0.3 is 14.4 Å². The summed E-state index contributed by atoms with van der Waals surface area (Å²) in [6.07, 6.45) is 2.18. The molecule has 0 saturated carbocycles. The molecule has 0 aliphatic carbocycles. The fourth-order valence-corrected chi connectivity index (χ4v) is 8.66. The molecule has 0 unspecified atom stereocenters. The maximum Gasteiger partial charge on any atom is 0.352 e. The van der Waals surface area contributed by atoms with Crippen LogP contribution in [0.3, 0.4) is 0 Å². The van der Waals surface area contributed by atoms with Gasteiger partial charge in [-0.05, 0) is 60.9 Å². The van der Waals surface area contributed by atoms with E-state index in [-0.39, 0.29) is 17.9 Å². The number of fused-ring (bicyclic) bond motifs is 10. The Morgan fingerprint density at radius 2 is 1.84 bits per heavy atom. The van der Waals surface area contributed by atoms with Gasteiger partial charge in [0.05, 0.1) is 35.0 Å². The molecule has 0 amide bonds. The Balaban J connectivity index is 1.28. The molecular weight excluding hydrogens is 668 g/mol. The number of carboxylic acid groups (broad SMARTS) is 1. The lowest BCUT2D eigenvalue weighted by Crippen LogP contribution is -2.19. The lowest BCUT2D eigenvalue weighted by atomic mass is 9.97. The topological polar surface area (TPSA) is 87.1 Å². The zero-order chi connectivity index (χ0) is 34.0. The highest BCUT2D eigenvalue weighted by Crippen LogP contribution is 2.44. The van der Waals surface area contributed by atoms with Gasteiger partial charge in [0.15, 0.2) is 0 Å². The average molecular weight is 702 g/mol. The van der Waals surface area contributed by atoms with Gasteiger partial charge in [0.1, 0.15) is 11.4 Å². The fourth-order valence-electron chi connectivity index (χ4n) is 7.57. The maximum absolute atomic E-state index is 16.0. The van der Waals surface area contributed by atoms with Crippen molar-refractivity contribution in [2.75, 3.05) is 6.61 Å². The number of alkyl halides is 2.